The molecule has 21 rings (SSSR count). The van der Waals surface area contributed by atoms with Crippen molar-refractivity contribution in [2.24, 2.45) is 0 Å². The van der Waals surface area contributed by atoms with E-state index in [0.29, 0.717) is 0 Å². The predicted molar refractivity (Wildman–Crippen MR) is 618 cm³/mol. The van der Waals surface area contributed by atoms with E-state index in [2.05, 4.69) is 646 Å². The lowest BCUT2D eigenvalue weighted by Gasteiger charge is -2.13. The molecule has 0 radical (unpaired) electrons. The molecule has 0 bridgehead atoms. The van der Waals surface area contributed by atoms with Gasteiger partial charge in [0, 0.05) is 22.3 Å². The topological polar surface area (TPSA) is 0 Å². The summed E-state index contributed by atoms with van der Waals surface area (Å²) in [4.78, 5) is 28.9. The van der Waals surface area contributed by atoms with Crippen LogP contribution in [0.5, 0.6) is 0 Å². The van der Waals surface area contributed by atoms with Crippen LogP contribution in [0.3, 0.4) is 0 Å². The van der Waals surface area contributed by atoms with Crippen molar-refractivity contribution in [3.05, 3.63) is 632 Å². The van der Waals surface area contributed by atoms with E-state index in [-0.39, 0.29) is 76.3 Å². The Kier molecular flexibility index (Phi) is 39.3. The van der Waals surface area contributed by atoms with Crippen molar-refractivity contribution in [1.29, 1.82) is 0 Å². The van der Waals surface area contributed by atoms with Gasteiger partial charge in [0.05, 0.1) is 76.3 Å². The molecule has 0 N–H and O–H groups in total. The summed E-state index contributed by atoms with van der Waals surface area (Å²) in [7, 11) is -0.200. The summed E-state index contributed by atoms with van der Waals surface area (Å²) in [6.45, 7) is 21.8. The van der Waals surface area contributed by atoms with E-state index in [4.69, 9.17) is 0 Å². The second-order valence-corrected chi connectivity index (χ2v) is 48.6. The van der Waals surface area contributed by atoms with Crippen molar-refractivity contribution >= 4 is 76.3 Å². The number of hydrogen-bond donors (Lipinski definition) is 0. The molecule has 0 saturated heterocycles. The second-order valence-electron chi connectivity index (χ2n) is 34.5. The third-order valence-electron chi connectivity index (χ3n) is 23.4. The first kappa shape index (κ1) is 103. The number of benzene rings is 21. The van der Waals surface area contributed by atoms with E-state index in [1.165, 1.54) is 158 Å². The Morgan fingerprint density at radius 1 is 0.0979 bits per heavy atom. The minimum atomic E-state index is -0.0460. The zero-order valence-corrected chi connectivity index (χ0v) is 88.9. The van der Waals surface area contributed by atoms with E-state index < -0.39 is 0 Å². The van der Waals surface area contributed by atoms with Gasteiger partial charge in [-0.2, -0.15) is 0 Å². The molecule has 0 aliphatic heterocycles. The fraction of sp³-hybridized carbons (Fsp3) is 0.0735. The van der Waals surface area contributed by atoms with Crippen LogP contribution in [-0.4, -0.2) is 0 Å². The molecule has 0 atom stereocenters. The minimum absolute atomic E-state index is 0.0146. The Labute approximate surface area is 872 Å². The molecule has 704 valence electrons. The summed E-state index contributed by atoms with van der Waals surface area (Å²) in [5.74, 6) is 0. The highest BCUT2D eigenvalue weighted by Crippen LogP contribution is 2.41. The monoisotopic (exact) mass is 1980 g/mol. The molecule has 0 heterocycles. The van der Waals surface area contributed by atoms with Gasteiger partial charge in [-0.15, -0.1) is 0 Å². The van der Waals surface area contributed by atoms with Crippen LogP contribution in [-0.2, 0) is 76.3 Å². The Balaban J connectivity index is 0.000000126. The number of rotatable bonds is 21. The lowest BCUT2D eigenvalue weighted by Crippen LogP contribution is -2.08. The molecule has 21 aromatic carbocycles. The van der Waals surface area contributed by atoms with Crippen LogP contribution in [0.2, 0.25) is 0 Å². The molecule has 0 unspecified atom stereocenters. The Bertz CT molecular complexity index is 6930. The van der Waals surface area contributed by atoms with Crippen LogP contribution in [0.25, 0.3) is 0 Å². The van der Waals surface area contributed by atoms with Crippen molar-refractivity contribution in [2.45, 2.75) is 172 Å². The summed E-state index contributed by atoms with van der Waals surface area (Å²) >= 11 is 0. The maximum atomic E-state index is 2.30. The Morgan fingerprint density at radius 3 is 0.503 bits per heavy atom. The van der Waals surface area contributed by atoms with E-state index >= 15 is 0 Å². The maximum absolute atomic E-state index is 2.30. The Morgan fingerprint density at radius 2 is 0.273 bits per heavy atom. The van der Waals surface area contributed by atoms with Crippen LogP contribution in [0, 0.1) is 69.2 Å². The normalized spacial score (nSPS) is 10.7. The number of hydrogen-bond acceptors (Lipinski definition) is 0. The van der Waals surface area contributed by atoms with Crippen LogP contribution >= 0.6 is 0 Å². The lowest BCUT2D eigenvalue weighted by atomic mass is 10.1. The molecule has 0 aliphatic rings. The van der Waals surface area contributed by atoms with E-state index in [9.17, 15) is 0 Å². The molecular weight excluding hydrogens is 1860 g/mol. The van der Waals surface area contributed by atoms with Gasteiger partial charge in [-0.25, -0.2) is 0 Å². The van der Waals surface area contributed by atoms with Gasteiger partial charge >= 0.3 is 0 Å². The highest BCUT2D eigenvalue weighted by molar-refractivity contribution is 7.99. The Hall–Kier alpha value is -13.9. The van der Waals surface area contributed by atoms with Crippen LogP contribution in [0.15, 0.2) is 679 Å². The summed E-state index contributed by atoms with van der Waals surface area (Å²) < 4.78 is 0. The van der Waals surface area contributed by atoms with E-state index in [1.54, 1.807) is 0 Å². The molecule has 0 nitrogen and oxygen atoms in total. The fourth-order valence-electron chi connectivity index (χ4n) is 16.6. The molecule has 0 amide bonds. The van der Waals surface area contributed by atoms with Gasteiger partial charge in [-0.3, -0.25) is 0 Å². The zero-order valence-electron chi connectivity index (χ0n) is 83.2. The largest absolute Gasteiger partial charge is 0.172 e. The van der Waals surface area contributed by atoms with Crippen molar-refractivity contribution in [3.8, 4) is 0 Å². The average molecular weight is 1980 g/mol. The van der Waals surface area contributed by atoms with E-state index in [0.717, 1.165) is 0 Å². The van der Waals surface area contributed by atoms with Crippen LogP contribution in [0.1, 0.15) is 55.6 Å². The quantitative estimate of drug-likeness (QED) is 0.0629. The zero-order chi connectivity index (χ0) is 99.1. The molecule has 0 spiro atoms. The van der Waals surface area contributed by atoms with Crippen molar-refractivity contribution in [3.63, 3.8) is 0 Å². The molecule has 0 aromatic heterocycles. The van der Waals surface area contributed by atoms with Gasteiger partial charge in [0.15, 0.2) is 103 Å². The average Bonchev–Trinajstić information content (AvgIpc) is 0.945. The minimum Gasteiger partial charge on any atom is -0.0619 e. The molecule has 0 saturated carbocycles. The standard InChI is InChI=1S/C21H21S.2C20H19S.3C19H17S.C18H15S/c1-16-14-17(2)21(18(3)15-16)22(19-10-6-4-7-11-19)20-12-8-5-9-13-20;1-16-13-14-20(17(2)15-16)21(18-9-5-3-6-10-18)19-11-7-4-8-12-19;1-16-8-12-19(13-9-16)21(18-6-4-3-5-7-18)20-14-10-17(2)11-15-20;1-16-10-8-9-15-19(16)20(17-11-4-2-5-12-17)18-13-6-3-7-14-18;1-16-9-8-14-19(15-16)20(17-10-4-2-5-11-17)18-12-6-3-7-13-18;1-16-12-14-19(15-13-16)20(17-8-4-2-5-9-17)18-10-6-3-7-11-18;1-4-10-16(11-5-1)19(17-12-6-2-7-13-17)18-14-8-3-9-15-18/h4-15H,1-3H3;2*3-15H,1-2H3;3*2-15H,1H3;1-15H/q7*+1. The van der Waals surface area contributed by atoms with Gasteiger partial charge in [-0.05, 0) is 305 Å². The number of aryl methyl sites for hydroxylation is 10. The second kappa shape index (κ2) is 54.3. The molecule has 21 aromatic rings. The smallest absolute Gasteiger partial charge is 0.0619 e. The van der Waals surface area contributed by atoms with Crippen molar-refractivity contribution < 1.29 is 0 Å². The highest BCUT2D eigenvalue weighted by atomic mass is 32.2. The third-order valence-corrected chi connectivity index (χ3v) is 39.6. The van der Waals surface area contributed by atoms with Gasteiger partial charge in [-0.1, -0.05) is 374 Å². The first-order chi connectivity index (χ1) is 70.2. The first-order valence-electron chi connectivity index (χ1n) is 48.5. The predicted octanol–water partition coefficient (Wildman–Crippen LogP) is 36.6. The summed E-state index contributed by atoms with van der Waals surface area (Å²) in [5, 5.41) is 0. The molecule has 7 heteroatoms. The molecule has 143 heavy (non-hydrogen) atoms. The van der Waals surface area contributed by atoms with Crippen molar-refractivity contribution in [2.75, 3.05) is 0 Å². The van der Waals surface area contributed by atoms with Gasteiger partial charge < -0.3 is 0 Å². The third kappa shape index (κ3) is 29.6. The highest BCUT2D eigenvalue weighted by Gasteiger charge is 2.37. The summed E-state index contributed by atoms with van der Waals surface area (Å²) in [6, 6.07) is 206. The maximum Gasteiger partial charge on any atom is 0.172 e. The summed E-state index contributed by atoms with van der Waals surface area (Å²) in [5.41, 5.74) is 13.4. The van der Waals surface area contributed by atoms with Gasteiger partial charge in [0.25, 0.3) is 0 Å². The molecule has 0 fully saturated rings. The SMILES string of the molecule is Cc1cc(C)c([S+](c2ccccc2)c2ccccc2)c(C)c1.Cc1ccc([S+](c2ccccc2)c2ccc(C)cc2)cc1.Cc1ccc([S+](c2ccccc2)c2ccccc2)c(C)c1.Cc1ccc([S+](c2ccccc2)c2ccccc2)cc1.Cc1cccc([S+](c2ccccc2)c2ccccc2)c1.Cc1ccccc1[S+](c1ccccc1)c1ccccc1.c1ccc([S+](c2ccccc2)c2ccccc2)cc1. The fourth-order valence-corrected chi connectivity index (χ4v) is 31.9. The van der Waals surface area contributed by atoms with Crippen LogP contribution < -0.4 is 0 Å². The van der Waals surface area contributed by atoms with Crippen molar-refractivity contribution in [1.82, 2.24) is 0 Å². The molecular formula is C136H125S7+7. The first-order valence-corrected chi connectivity index (χ1v) is 57.1. The summed E-state index contributed by atoms with van der Waals surface area (Å²) in [6.07, 6.45) is 0. The van der Waals surface area contributed by atoms with Crippen LogP contribution in [0.4, 0.5) is 0 Å². The van der Waals surface area contributed by atoms with Gasteiger partial charge in [0.1, 0.15) is 0 Å². The lowest BCUT2D eigenvalue weighted by molar-refractivity contribution is 1.16. The van der Waals surface area contributed by atoms with E-state index in [1.807, 2.05) is 0 Å². The molecule has 0 aliphatic carbocycles. The van der Waals surface area contributed by atoms with Gasteiger partial charge in [0.2, 0.25) is 0 Å².